The van der Waals surface area contributed by atoms with Gasteiger partial charge >= 0.3 is 12.1 Å². The van der Waals surface area contributed by atoms with Crippen LogP contribution in [0, 0.1) is 0 Å². The lowest BCUT2D eigenvalue weighted by atomic mass is 9.99. The molecule has 1 aromatic heterocycles. The molecule has 0 saturated carbocycles. The summed E-state index contributed by atoms with van der Waals surface area (Å²) >= 11 is 0. The second kappa shape index (κ2) is 12.7. The zero-order chi connectivity index (χ0) is 29.7. The number of amides is 1. The van der Waals surface area contributed by atoms with Crippen molar-refractivity contribution in [2.45, 2.75) is 51.1 Å². The third kappa shape index (κ3) is 6.78. The number of benzene rings is 3. The summed E-state index contributed by atoms with van der Waals surface area (Å²) in [5, 5.41) is 0. The van der Waals surface area contributed by atoms with Crippen molar-refractivity contribution in [1.82, 2.24) is 14.9 Å². The number of carbonyl (C=O) groups excluding carboxylic acids is 2. The van der Waals surface area contributed by atoms with Crippen LogP contribution in [-0.4, -0.2) is 46.4 Å². The highest BCUT2D eigenvalue weighted by Crippen LogP contribution is 2.33. The van der Waals surface area contributed by atoms with Crippen LogP contribution < -0.4 is 0 Å². The minimum atomic E-state index is -4.44. The monoisotopic (exact) mass is 575 g/mol. The molecule has 218 valence electrons. The van der Waals surface area contributed by atoms with Crippen LogP contribution in [0.2, 0.25) is 0 Å². The van der Waals surface area contributed by atoms with E-state index in [-0.39, 0.29) is 18.3 Å². The molecule has 1 saturated heterocycles. The molecule has 1 fully saturated rings. The first-order chi connectivity index (χ1) is 20.2. The van der Waals surface area contributed by atoms with E-state index in [1.807, 2.05) is 23.1 Å². The molecule has 0 radical (unpaired) electrons. The van der Waals surface area contributed by atoms with Crippen LogP contribution in [0.1, 0.15) is 65.7 Å². The average molecular weight is 576 g/mol. The Hall–Kier alpha value is -4.27. The van der Waals surface area contributed by atoms with Gasteiger partial charge in [-0.2, -0.15) is 13.2 Å². The van der Waals surface area contributed by atoms with E-state index in [9.17, 15) is 22.8 Å². The van der Waals surface area contributed by atoms with Crippen LogP contribution in [0.25, 0.3) is 22.3 Å². The van der Waals surface area contributed by atoms with E-state index in [1.165, 1.54) is 17.7 Å². The van der Waals surface area contributed by atoms with Crippen molar-refractivity contribution < 1.29 is 27.5 Å². The highest BCUT2D eigenvalue weighted by atomic mass is 19.4. The number of alkyl halides is 3. The Labute approximate surface area is 242 Å². The fourth-order valence-electron chi connectivity index (χ4n) is 5.37. The van der Waals surface area contributed by atoms with Gasteiger partial charge in [-0.05, 0) is 68.5 Å². The summed E-state index contributed by atoms with van der Waals surface area (Å²) in [6.07, 6.45) is -1.63. The molecule has 1 atom stereocenters. The second-order valence-corrected chi connectivity index (χ2v) is 10.5. The Morgan fingerprint density at radius 1 is 0.952 bits per heavy atom. The van der Waals surface area contributed by atoms with Crippen LogP contribution in [0.15, 0.2) is 72.8 Å². The summed E-state index contributed by atoms with van der Waals surface area (Å²) in [7, 11) is 0. The van der Waals surface area contributed by atoms with Gasteiger partial charge in [-0.15, -0.1) is 0 Å². The van der Waals surface area contributed by atoms with Crippen molar-refractivity contribution in [1.29, 1.82) is 0 Å². The number of likely N-dealkylation sites (tertiary alicyclic amines) is 1. The summed E-state index contributed by atoms with van der Waals surface area (Å²) in [6.45, 7) is 3.38. The highest BCUT2D eigenvalue weighted by Gasteiger charge is 2.30. The largest absolute Gasteiger partial charge is 0.466 e. The number of ether oxygens (including phenoxy) is 1. The van der Waals surface area contributed by atoms with Crippen molar-refractivity contribution in [3.63, 3.8) is 0 Å². The number of aryl methyl sites for hydroxylation is 1. The zero-order valence-corrected chi connectivity index (χ0v) is 23.4. The topological polar surface area (TPSA) is 72.4 Å². The number of hydrogen-bond donors (Lipinski definition) is 0. The van der Waals surface area contributed by atoms with Gasteiger partial charge in [-0.1, -0.05) is 42.5 Å². The summed E-state index contributed by atoms with van der Waals surface area (Å²) in [5.74, 6) is -0.0486. The Morgan fingerprint density at radius 2 is 1.71 bits per heavy atom. The lowest BCUT2D eigenvalue weighted by Gasteiger charge is -2.17. The first-order valence-electron chi connectivity index (χ1n) is 14.2. The van der Waals surface area contributed by atoms with Gasteiger partial charge in [0.15, 0.2) is 0 Å². The molecule has 42 heavy (non-hydrogen) atoms. The molecular weight excluding hydrogens is 543 g/mol. The van der Waals surface area contributed by atoms with E-state index in [0.717, 1.165) is 18.6 Å². The van der Waals surface area contributed by atoms with E-state index >= 15 is 0 Å². The van der Waals surface area contributed by atoms with Crippen molar-refractivity contribution in [3.8, 4) is 11.3 Å². The molecule has 2 heterocycles. The molecule has 6 nitrogen and oxygen atoms in total. The number of nitrogens with zero attached hydrogens (tertiary/aromatic N) is 3. The van der Waals surface area contributed by atoms with Gasteiger partial charge in [0.25, 0.3) is 5.91 Å². The molecule has 5 rings (SSSR count). The van der Waals surface area contributed by atoms with Gasteiger partial charge in [0.2, 0.25) is 0 Å². The van der Waals surface area contributed by atoms with Gasteiger partial charge in [-0.25, -0.2) is 9.97 Å². The Kier molecular flexibility index (Phi) is 8.85. The molecule has 1 amide bonds. The third-order valence-corrected chi connectivity index (χ3v) is 7.57. The van der Waals surface area contributed by atoms with Crippen molar-refractivity contribution >= 4 is 22.9 Å². The van der Waals surface area contributed by atoms with Crippen molar-refractivity contribution in [2.75, 3.05) is 19.7 Å². The predicted molar refractivity (Wildman–Crippen MR) is 154 cm³/mol. The molecule has 3 aromatic carbocycles. The second-order valence-electron chi connectivity index (χ2n) is 10.5. The maximum absolute atomic E-state index is 13.4. The van der Waals surface area contributed by atoms with Crippen LogP contribution in [-0.2, 0) is 22.1 Å². The fraction of sp³-hybridized carbons (Fsp3) is 0.333. The number of halogens is 3. The predicted octanol–water partition coefficient (Wildman–Crippen LogP) is 7.22. The molecular formula is C33H32F3N3O3. The van der Waals surface area contributed by atoms with Gasteiger partial charge < -0.3 is 9.64 Å². The van der Waals surface area contributed by atoms with Crippen molar-refractivity contribution in [2.24, 2.45) is 0 Å². The molecule has 1 aliphatic rings. The number of fused-ring (bicyclic) bond motifs is 1. The maximum Gasteiger partial charge on any atom is 0.416 e. The molecule has 1 aliphatic heterocycles. The molecule has 9 heteroatoms. The van der Waals surface area contributed by atoms with E-state index in [4.69, 9.17) is 14.7 Å². The average Bonchev–Trinajstić information content (AvgIpc) is 3.49. The minimum absolute atomic E-state index is 0.0695. The number of hydrogen-bond acceptors (Lipinski definition) is 5. The molecule has 1 unspecified atom stereocenters. The van der Waals surface area contributed by atoms with Crippen LogP contribution in [0.3, 0.4) is 0 Å². The van der Waals surface area contributed by atoms with E-state index in [0.29, 0.717) is 78.4 Å². The SMILES string of the molecule is CCOC(=O)CCCCc1nc2cc(C(=O)N3CCC(c4ccccc4)C3)ccc2nc1-c1ccc(C(F)(F)F)cc1. The van der Waals surface area contributed by atoms with E-state index < -0.39 is 11.7 Å². The van der Waals surface area contributed by atoms with E-state index in [1.54, 1.807) is 25.1 Å². The van der Waals surface area contributed by atoms with Gasteiger partial charge in [0.05, 0.1) is 34.6 Å². The first kappa shape index (κ1) is 29.2. The zero-order valence-electron chi connectivity index (χ0n) is 23.4. The van der Waals surface area contributed by atoms with Crippen molar-refractivity contribution in [3.05, 3.63) is 95.2 Å². The van der Waals surface area contributed by atoms with Crippen LogP contribution >= 0.6 is 0 Å². The number of aromatic nitrogens is 2. The highest BCUT2D eigenvalue weighted by molar-refractivity contribution is 5.97. The number of rotatable bonds is 9. The normalized spacial score (nSPS) is 15.2. The lowest BCUT2D eigenvalue weighted by molar-refractivity contribution is -0.143. The number of carbonyl (C=O) groups is 2. The molecule has 0 N–H and O–H groups in total. The lowest BCUT2D eigenvalue weighted by Crippen LogP contribution is -2.28. The smallest absolute Gasteiger partial charge is 0.416 e. The summed E-state index contributed by atoms with van der Waals surface area (Å²) in [6, 6.07) is 20.2. The Bertz CT molecular complexity index is 1560. The summed E-state index contributed by atoms with van der Waals surface area (Å²) < 4.78 is 44.5. The van der Waals surface area contributed by atoms with Crippen LogP contribution in [0.5, 0.6) is 0 Å². The maximum atomic E-state index is 13.4. The molecule has 4 aromatic rings. The molecule has 0 aliphatic carbocycles. The Balaban J connectivity index is 1.40. The molecule has 0 spiro atoms. The van der Waals surface area contributed by atoms with Crippen LogP contribution in [0.4, 0.5) is 13.2 Å². The van der Waals surface area contributed by atoms with E-state index in [2.05, 4.69) is 12.1 Å². The van der Waals surface area contributed by atoms with Gasteiger partial charge in [0, 0.05) is 36.6 Å². The first-order valence-corrected chi connectivity index (χ1v) is 14.2. The molecule has 0 bridgehead atoms. The number of unbranched alkanes of at least 4 members (excludes halogenated alkanes) is 1. The summed E-state index contributed by atoms with van der Waals surface area (Å²) in [5.41, 5.74) is 3.67. The summed E-state index contributed by atoms with van der Waals surface area (Å²) in [4.78, 5) is 36.7. The van der Waals surface area contributed by atoms with Gasteiger partial charge in [-0.3, -0.25) is 9.59 Å². The third-order valence-electron chi connectivity index (χ3n) is 7.57. The fourth-order valence-corrected chi connectivity index (χ4v) is 5.37. The standard InChI is InChI=1S/C33H32F3N3O3/c1-2-42-30(40)11-7-6-10-28-31(23-12-15-26(16-13-23)33(34,35)36)38-27-17-14-24(20-29(27)37-28)32(41)39-19-18-25(21-39)22-8-4-3-5-9-22/h3-5,8-9,12-17,20,25H,2,6-7,10-11,18-19,21H2,1H3. The minimum Gasteiger partial charge on any atom is -0.466 e. The quantitative estimate of drug-likeness (QED) is 0.156. The van der Waals surface area contributed by atoms with Gasteiger partial charge in [0.1, 0.15) is 0 Å². The number of esters is 1. The Morgan fingerprint density at radius 3 is 2.43 bits per heavy atom.